The normalized spacial score (nSPS) is 13.1. The number of guanidine groups is 4. The van der Waals surface area contributed by atoms with Crippen molar-refractivity contribution < 1.29 is 57.8 Å². The summed E-state index contributed by atoms with van der Waals surface area (Å²) in [6.45, 7) is 0.202. The highest BCUT2D eigenvalue weighted by Gasteiger charge is 2.32. The Labute approximate surface area is 505 Å². The second-order valence-electron chi connectivity index (χ2n) is 19.9. The predicted octanol–water partition coefficient (Wildman–Crippen LogP) is -9.57. The van der Waals surface area contributed by atoms with Crippen LogP contribution in [-0.2, 0) is 52.7 Å². The third-order valence-electron chi connectivity index (χ3n) is 12.4. The van der Waals surface area contributed by atoms with E-state index in [4.69, 9.17) is 63.1 Å². The monoisotopic (exact) mass is 1240 g/mol. The van der Waals surface area contributed by atoms with Gasteiger partial charge < -0.3 is 121 Å². The molecule has 0 fully saturated rings. The zero-order chi connectivity index (χ0) is 65.7. The van der Waals surface area contributed by atoms with Gasteiger partial charge in [-0.1, -0.05) is 0 Å². The Bertz CT molecular complexity index is 2310. The minimum absolute atomic E-state index is 0.0135. The Morgan fingerprint density at radius 2 is 0.575 bits per heavy atom. The van der Waals surface area contributed by atoms with E-state index >= 15 is 0 Å². The summed E-state index contributed by atoms with van der Waals surface area (Å²) in [5.41, 5.74) is 60.5. The maximum Gasteiger partial charge on any atom is 0.326 e. The average molecular weight is 1240 g/mol. The number of hydrogen-bond acceptors (Lipinski definition) is 18. The molecule has 0 radical (unpaired) electrons. The maximum absolute atomic E-state index is 14.1. The Morgan fingerprint density at radius 3 is 0.874 bits per heavy atom. The number of hydrogen-bond donors (Lipinski definition) is 22. The van der Waals surface area contributed by atoms with Gasteiger partial charge in [-0.15, -0.1) is 0 Å². The van der Waals surface area contributed by atoms with E-state index in [-0.39, 0.29) is 127 Å². The number of aliphatic carboxylic acids is 1. The van der Waals surface area contributed by atoms with E-state index in [0.717, 1.165) is 0 Å². The lowest BCUT2D eigenvalue weighted by atomic mass is 10.0. The minimum atomic E-state index is -1.39. The molecule has 7 atom stereocenters. The van der Waals surface area contributed by atoms with Crippen LogP contribution in [0.4, 0.5) is 0 Å². The molecule has 0 spiro atoms. The second-order valence-corrected chi connectivity index (χ2v) is 19.9. The molecule has 0 bridgehead atoms. The van der Waals surface area contributed by atoms with E-state index in [0.29, 0.717) is 51.5 Å². The summed E-state index contributed by atoms with van der Waals surface area (Å²) in [7, 11) is 0. The first-order valence-corrected chi connectivity index (χ1v) is 28.7. The van der Waals surface area contributed by atoms with Gasteiger partial charge in [0.1, 0.15) is 42.3 Å². The molecule has 0 rings (SSSR count). The van der Waals surface area contributed by atoms with Crippen molar-refractivity contribution in [3.05, 3.63) is 0 Å². The number of carbonyl (C=O) groups excluding carboxylic acids is 10. The molecule has 37 nitrogen and oxygen atoms in total. The Hall–Kier alpha value is -8.87. The van der Waals surface area contributed by atoms with Crippen LogP contribution in [0.2, 0.25) is 0 Å². The van der Waals surface area contributed by atoms with E-state index in [1.165, 1.54) is 6.92 Å². The van der Waals surface area contributed by atoms with Crippen LogP contribution in [0.5, 0.6) is 0 Å². The van der Waals surface area contributed by atoms with Crippen molar-refractivity contribution in [3.63, 3.8) is 0 Å². The van der Waals surface area contributed by atoms with Crippen LogP contribution < -0.4 is 116 Å². The summed E-state index contributed by atoms with van der Waals surface area (Å²) >= 11 is 0. The summed E-state index contributed by atoms with van der Waals surface area (Å²) in [5, 5.41) is 34.8. The number of nitrogens with two attached hydrogens (primary N) is 11. The summed E-state index contributed by atoms with van der Waals surface area (Å²) in [6.07, 6.45) is 3.23. The molecule has 0 aliphatic carbocycles. The number of nitrogens with one attached hydrogen (secondary N) is 10. The van der Waals surface area contributed by atoms with Crippen molar-refractivity contribution in [2.45, 2.75) is 158 Å². The van der Waals surface area contributed by atoms with Crippen LogP contribution in [0.3, 0.4) is 0 Å². The van der Waals surface area contributed by atoms with Gasteiger partial charge in [-0.3, -0.25) is 67.9 Å². The van der Waals surface area contributed by atoms with E-state index in [9.17, 15) is 57.8 Å². The van der Waals surface area contributed by atoms with Gasteiger partial charge in [0.2, 0.25) is 59.1 Å². The van der Waals surface area contributed by atoms with Crippen molar-refractivity contribution in [3.8, 4) is 0 Å². The largest absolute Gasteiger partial charge is 0.480 e. The highest BCUT2D eigenvalue weighted by atomic mass is 16.4. The molecule has 494 valence electrons. The summed E-state index contributed by atoms with van der Waals surface area (Å²) in [5.74, 6) is -10.2. The molecule has 0 saturated carbocycles. The van der Waals surface area contributed by atoms with Gasteiger partial charge in [0.15, 0.2) is 23.8 Å². The molecular weight excluding hydrogens is 1140 g/mol. The molecule has 0 aromatic carbocycles. The van der Waals surface area contributed by atoms with Crippen molar-refractivity contribution in [2.24, 2.45) is 83.0 Å². The van der Waals surface area contributed by atoms with E-state index in [1.54, 1.807) is 0 Å². The van der Waals surface area contributed by atoms with Gasteiger partial charge in [-0.25, -0.2) is 4.79 Å². The average Bonchev–Trinajstić information content (AvgIpc) is 3.64. The van der Waals surface area contributed by atoms with Gasteiger partial charge in [0.25, 0.3) is 0 Å². The van der Waals surface area contributed by atoms with Crippen molar-refractivity contribution in [1.29, 1.82) is 0 Å². The molecule has 0 aromatic heterocycles. The third kappa shape index (κ3) is 39.4. The molecule has 0 heterocycles. The number of aliphatic imine (C=N–C) groups is 4. The predicted molar refractivity (Wildman–Crippen MR) is 324 cm³/mol. The molecule has 33 N–H and O–H groups in total. The van der Waals surface area contributed by atoms with Gasteiger partial charge >= 0.3 is 5.97 Å². The second kappa shape index (κ2) is 46.4. The van der Waals surface area contributed by atoms with Crippen molar-refractivity contribution in [1.82, 2.24) is 53.2 Å². The van der Waals surface area contributed by atoms with Crippen LogP contribution in [0.15, 0.2) is 20.0 Å². The number of unbranched alkanes of at least 4 members (excludes halogenated alkanes) is 3. The molecule has 0 saturated heterocycles. The Balaban J connectivity index is 6.36. The van der Waals surface area contributed by atoms with Crippen LogP contribution >= 0.6 is 0 Å². The van der Waals surface area contributed by atoms with Crippen LogP contribution in [0, 0.1) is 0 Å². The fourth-order valence-electron chi connectivity index (χ4n) is 8.01. The number of carboxylic acid groups (broad SMARTS) is 1. The SMILES string of the molecule is CC(=O)N[C@@H](CCCN=C(N)N)C(=O)NCC(=O)N[C@@H](CCCN=C(N)N)C(=O)N[C@@H](CCCCN)C(=O)NCC(=O)NCC(=O)N[C@@H](CCCN=C(N)N)C(=O)N[C@@H](CCCN=C(N)N)C(=O)N[C@@H](CCCCN)C(=O)N[C@@H](CCCCN)C(=O)O. The molecule has 87 heavy (non-hydrogen) atoms. The highest BCUT2D eigenvalue weighted by Crippen LogP contribution is 2.10. The van der Waals surface area contributed by atoms with Crippen LogP contribution in [0.1, 0.15) is 116 Å². The maximum atomic E-state index is 14.1. The minimum Gasteiger partial charge on any atom is -0.480 e. The number of amides is 10. The van der Waals surface area contributed by atoms with E-state index in [1.807, 2.05) is 0 Å². The lowest BCUT2D eigenvalue weighted by Gasteiger charge is -2.26. The van der Waals surface area contributed by atoms with Gasteiger partial charge in [0.05, 0.1) is 19.6 Å². The molecule has 0 aliphatic rings. The standard InChI is InChI=1S/C50H97N25O12/c1-29(76)69-30(15-8-22-62-47(54)55)40(80)68-28-39(79)71-32(16-9-23-63-48(56)57)42(82)72-31(12-2-5-19-51)41(81)67-26-37(77)66-27-38(78)70-33(17-10-24-64-49(58)59)43(83)74-35(18-11-25-65-50(60)61)44(84)73-34(13-3-6-20-52)45(85)75-36(46(86)87)14-4-7-21-53/h30-36H,2-28,51-53H2,1H3,(H,66,77)(H,67,81)(H,68,80)(H,69,76)(H,70,78)(H,71,79)(H,72,82)(H,73,84)(H,74,83)(H,75,85)(H,86,87)(H4,54,55,62)(H4,56,57,63)(H4,58,59,64)(H4,60,61,65)/t30-,31-,32-,33-,34-,35-,36-/m0/s1. The third-order valence-corrected chi connectivity index (χ3v) is 12.4. The number of rotatable bonds is 48. The van der Waals surface area contributed by atoms with E-state index in [2.05, 4.69) is 73.1 Å². The fraction of sp³-hybridized carbons (Fsp3) is 0.700. The number of nitrogens with zero attached hydrogens (tertiary/aromatic N) is 4. The quantitative estimate of drug-likeness (QED) is 0.0153. The van der Waals surface area contributed by atoms with Crippen LogP contribution in [0.25, 0.3) is 0 Å². The van der Waals surface area contributed by atoms with Gasteiger partial charge in [-0.05, 0) is 129 Å². The summed E-state index contributed by atoms with van der Waals surface area (Å²) in [6, 6.07) is -8.96. The Kier molecular flexibility index (Phi) is 41.7. The fourth-order valence-corrected chi connectivity index (χ4v) is 8.01. The first-order valence-electron chi connectivity index (χ1n) is 28.7. The zero-order valence-corrected chi connectivity index (χ0v) is 49.7. The first-order chi connectivity index (χ1) is 41.2. The van der Waals surface area contributed by atoms with Crippen LogP contribution in [-0.4, -0.2) is 202 Å². The highest BCUT2D eigenvalue weighted by molar-refractivity contribution is 5.97. The molecular formula is C50H97N25O12. The molecule has 37 heteroatoms. The number of carbonyl (C=O) groups is 11. The van der Waals surface area contributed by atoms with Crippen molar-refractivity contribution in [2.75, 3.05) is 65.4 Å². The first kappa shape index (κ1) is 78.1. The van der Waals surface area contributed by atoms with Gasteiger partial charge in [-0.2, -0.15) is 0 Å². The van der Waals surface area contributed by atoms with Gasteiger partial charge in [0, 0.05) is 33.1 Å². The van der Waals surface area contributed by atoms with Crippen molar-refractivity contribution >= 4 is 88.9 Å². The molecule has 0 aromatic rings. The zero-order valence-electron chi connectivity index (χ0n) is 49.7. The smallest absolute Gasteiger partial charge is 0.326 e. The lowest BCUT2D eigenvalue weighted by Crippen LogP contribution is -2.58. The van der Waals surface area contributed by atoms with E-state index < -0.39 is 127 Å². The summed E-state index contributed by atoms with van der Waals surface area (Å²) < 4.78 is 0. The molecule has 10 amide bonds. The summed E-state index contributed by atoms with van der Waals surface area (Å²) in [4.78, 5) is 161. The number of carboxylic acids is 1. The topological polar surface area (TPSA) is 664 Å². The lowest BCUT2D eigenvalue weighted by molar-refractivity contribution is -0.142. The Morgan fingerprint density at radius 1 is 0.322 bits per heavy atom. The molecule has 0 aliphatic heterocycles. The molecule has 0 unspecified atom stereocenters.